The molecule has 0 aromatic heterocycles. The van der Waals surface area contributed by atoms with Crippen LogP contribution in [0.25, 0.3) is 0 Å². The van der Waals surface area contributed by atoms with Gasteiger partial charge < -0.3 is 5.32 Å². The standard InChI is InChI=1S/C16H28N2S/c1-13-4-6-14(7-5-13)10-17-15-18-11-16(12-19-15)8-2-3-9-16/h13-14H,2-12H2,1H3,(H,17,18). The number of nitrogens with one attached hydrogen (secondary N) is 1. The molecule has 3 aliphatic rings. The van der Waals surface area contributed by atoms with Gasteiger partial charge in [0.1, 0.15) is 0 Å². The molecule has 2 saturated carbocycles. The lowest BCUT2D eigenvalue weighted by atomic mass is 9.83. The second-order valence-electron chi connectivity index (χ2n) is 7.12. The van der Waals surface area contributed by atoms with E-state index < -0.39 is 0 Å². The Kier molecular flexibility index (Phi) is 4.40. The molecule has 0 amide bonds. The van der Waals surface area contributed by atoms with Crippen LogP contribution in [0.15, 0.2) is 4.99 Å². The van der Waals surface area contributed by atoms with Crippen molar-refractivity contribution in [3.8, 4) is 0 Å². The summed E-state index contributed by atoms with van der Waals surface area (Å²) in [4.78, 5) is 4.83. The van der Waals surface area contributed by atoms with Gasteiger partial charge in [-0.05, 0) is 42.9 Å². The fourth-order valence-corrected chi connectivity index (χ4v) is 5.02. The summed E-state index contributed by atoms with van der Waals surface area (Å²) in [7, 11) is 0. The van der Waals surface area contributed by atoms with Crippen LogP contribution < -0.4 is 5.32 Å². The van der Waals surface area contributed by atoms with Crippen LogP contribution in [0.1, 0.15) is 58.3 Å². The summed E-state index contributed by atoms with van der Waals surface area (Å²) in [6.45, 7) is 4.64. The maximum atomic E-state index is 4.83. The smallest absolute Gasteiger partial charge is 0.156 e. The SMILES string of the molecule is CC1CCC(CNC2=NCC3(CCCC3)CS2)CC1. The molecule has 1 aliphatic heterocycles. The molecule has 1 N–H and O–H groups in total. The molecule has 2 aliphatic carbocycles. The Morgan fingerprint density at radius 3 is 2.58 bits per heavy atom. The van der Waals surface area contributed by atoms with E-state index in [0.29, 0.717) is 5.41 Å². The molecular formula is C16H28N2S. The number of aliphatic imine (C=N–C) groups is 1. The van der Waals surface area contributed by atoms with Crippen LogP contribution in [0.3, 0.4) is 0 Å². The van der Waals surface area contributed by atoms with E-state index in [2.05, 4.69) is 12.2 Å². The highest BCUT2D eigenvalue weighted by Gasteiger charge is 2.36. The van der Waals surface area contributed by atoms with Crippen molar-refractivity contribution in [3.05, 3.63) is 0 Å². The normalized spacial score (nSPS) is 34.3. The summed E-state index contributed by atoms with van der Waals surface area (Å²) in [5, 5.41) is 4.86. The monoisotopic (exact) mass is 280 g/mol. The molecule has 0 bridgehead atoms. The predicted octanol–water partition coefficient (Wildman–Crippen LogP) is 4.07. The van der Waals surface area contributed by atoms with E-state index in [1.54, 1.807) is 0 Å². The summed E-state index contributed by atoms with van der Waals surface area (Å²) in [5.74, 6) is 3.15. The van der Waals surface area contributed by atoms with Crippen LogP contribution in [0.2, 0.25) is 0 Å². The molecule has 1 heterocycles. The van der Waals surface area contributed by atoms with E-state index in [-0.39, 0.29) is 0 Å². The summed E-state index contributed by atoms with van der Waals surface area (Å²) in [6, 6.07) is 0. The number of nitrogens with zero attached hydrogens (tertiary/aromatic N) is 1. The van der Waals surface area contributed by atoms with E-state index in [4.69, 9.17) is 4.99 Å². The third kappa shape index (κ3) is 3.48. The molecule has 0 unspecified atom stereocenters. The highest BCUT2D eigenvalue weighted by atomic mass is 32.2. The Labute approximate surface area is 122 Å². The Balaban J connectivity index is 1.42. The van der Waals surface area contributed by atoms with Gasteiger partial charge in [-0.15, -0.1) is 0 Å². The lowest BCUT2D eigenvalue weighted by molar-refractivity contribution is 0.290. The molecule has 0 saturated heterocycles. The van der Waals surface area contributed by atoms with Crippen LogP contribution in [0.4, 0.5) is 0 Å². The fourth-order valence-electron chi connectivity index (χ4n) is 3.85. The first-order valence-electron chi connectivity index (χ1n) is 8.17. The minimum atomic E-state index is 0.579. The Morgan fingerprint density at radius 1 is 1.21 bits per heavy atom. The summed E-state index contributed by atoms with van der Waals surface area (Å²) >= 11 is 1.99. The maximum Gasteiger partial charge on any atom is 0.156 e. The van der Waals surface area contributed by atoms with Crippen molar-refractivity contribution in [1.29, 1.82) is 0 Å². The van der Waals surface area contributed by atoms with E-state index in [1.807, 2.05) is 11.8 Å². The van der Waals surface area contributed by atoms with Crippen molar-refractivity contribution in [1.82, 2.24) is 5.32 Å². The van der Waals surface area contributed by atoms with Crippen molar-refractivity contribution in [2.75, 3.05) is 18.8 Å². The Morgan fingerprint density at radius 2 is 1.95 bits per heavy atom. The lowest BCUT2D eigenvalue weighted by Crippen LogP contribution is -2.36. The molecule has 108 valence electrons. The molecule has 3 heteroatoms. The highest BCUT2D eigenvalue weighted by Crippen LogP contribution is 2.43. The van der Waals surface area contributed by atoms with Crippen molar-refractivity contribution in [3.63, 3.8) is 0 Å². The van der Waals surface area contributed by atoms with Crippen molar-refractivity contribution >= 4 is 16.9 Å². The van der Waals surface area contributed by atoms with Crippen molar-refractivity contribution < 1.29 is 0 Å². The van der Waals surface area contributed by atoms with Crippen LogP contribution >= 0.6 is 11.8 Å². The third-order valence-electron chi connectivity index (χ3n) is 5.41. The predicted molar refractivity (Wildman–Crippen MR) is 84.8 cm³/mol. The van der Waals surface area contributed by atoms with Crippen LogP contribution in [0.5, 0.6) is 0 Å². The zero-order chi connectivity index (χ0) is 13.1. The molecule has 19 heavy (non-hydrogen) atoms. The number of rotatable bonds is 2. The van der Waals surface area contributed by atoms with Crippen LogP contribution in [-0.2, 0) is 0 Å². The molecule has 2 fully saturated rings. The summed E-state index contributed by atoms with van der Waals surface area (Å²) in [5.41, 5.74) is 0.579. The molecule has 1 spiro atoms. The average Bonchev–Trinajstić information content (AvgIpc) is 2.89. The van der Waals surface area contributed by atoms with Gasteiger partial charge in [0.15, 0.2) is 5.17 Å². The number of hydrogen-bond acceptors (Lipinski definition) is 3. The van der Waals surface area contributed by atoms with Gasteiger partial charge in [-0.25, -0.2) is 0 Å². The minimum absolute atomic E-state index is 0.579. The van der Waals surface area contributed by atoms with Crippen LogP contribution in [0, 0.1) is 17.3 Å². The van der Waals surface area contributed by atoms with Gasteiger partial charge in [-0.2, -0.15) is 0 Å². The van der Waals surface area contributed by atoms with Gasteiger partial charge in [0.05, 0.1) is 0 Å². The first-order valence-corrected chi connectivity index (χ1v) is 9.15. The third-order valence-corrected chi connectivity index (χ3v) is 6.72. The first kappa shape index (κ1) is 13.8. The van der Waals surface area contributed by atoms with Gasteiger partial charge in [0.25, 0.3) is 0 Å². The highest BCUT2D eigenvalue weighted by molar-refractivity contribution is 8.13. The maximum absolute atomic E-state index is 4.83. The zero-order valence-corrected chi connectivity index (χ0v) is 13.1. The molecule has 0 aromatic rings. The van der Waals surface area contributed by atoms with E-state index in [0.717, 1.165) is 24.9 Å². The number of hydrogen-bond donors (Lipinski definition) is 1. The fraction of sp³-hybridized carbons (Fsp3) is 0.938. The van der Waals surface area contributed by atoms with Gasteiger partial charge in [-0.1, -0.05) is 44.4 Å². The summed E-state index contributed by atoms with van der Waals surface area (Å²) < 4.78 is 0. The van der Waals surface area contributed by atoms with E-state index in [1.165, 1.54) is 62.3 Å². The largest absolute Gasteiger partial charge is 0.365 e. The summed E-state index contributed by atoms with van der Waals surface area (Å²) in [6.07, 6.45) is 11.4. The molecule has 0 atom stereocenters. The van der Waals surface area contributed by atoms with Crippen molar-refractivity contribution in [2.24, 2.45) is 22.2 Å². The zero-order valence-electron chi connectivity index (χ0n) is 12.3. The average molecular weight is 280 g/mol. The molecule has 2 nitrogen and oxygen atoms in total. The molecular weight excluding hydrogens is 252 g/mol. The molecule has 0 aromatic carbocycles. The number of thioether (sulfide) groups is 1. The minimum Gasteiger partial charge on any atom is -0.365 e. The topological polar surface area (TPSA) is 24.4 Å². The van der Waals surface area contributed by atoms with E-state index in [9.17, 15) is 0 Å². The van der Waals surface area contributed by atoms with Gasteiger partial charge >= 0.3 is 0 Å². The Hall–Kier alpha value is -0.180. The Bertz CT molecular complexity index is 326. The van der Waals surface area contributed by atoms with Crippen molar-refractivity contribution in [2.45, 2.75) is 58.3 Å². The molecule has 0 radical (unpaired) electrons. The quantitative estimate of drug-likeness (QED) is 0.824. The van der Waals surface area contributed by atoms with Crippen LogP contribution in [-0.4, -0.2) is 24.0 Å². The second-order valence-corrected chi connectivity index (χ2v) is 8.09. The van der Waals surface area contributed by atoms with Gasteiger partial charge in [0.2, 0.25) is 0 Å². The molecule has 3 rings (SSSR count). The lowest BCUT2D eigenvalue weighted by Gasteiger charge is -2.32. The first-order chi connectivity index (χ1) is 9.26. The second kappa shape index (κ2) is 6.07. The van der Waals surface area contributed by atoms with E-state index >= 15 is 0 Å². The van der Waals surface area contributed by atoms with Gasteiger partial charge in [0, 0.05) is 18.8 Å². The number of amidine groups is 1. The van der Waals surface area contributed by atoms with Gasteiger partial charge in [-0.3, -0.25) is 4.99 Å².